The molecule has 3 heteroatoms. The molecule has 1 rings (SSSR count). The van der Waals surface area contributed by atoms with Crippen LogP contribution < -0.4 is 0 Å². The second kappa shape index (κ2) is 5.41. The van der Waals surface area contributed by atoms with Crippen molar-refractivity contribution in [2.75, 3.05) is 19.7 Å². The maximum Gasteiger partial charge on any atom is 0.332 e. The zero-order valence-corrected chi connectivity index (χ0v) is 7.74. The van der Waals surface area contributed by atoms with Gasteiger partial charge in [-0.15, -0.1) is 0 Å². The highest BCUT2D eigenvalue weighted by molar-refractivity contribution is 5.81. The van der Waals surface area contributed by atoms with E-state index in [0.717, 1.165) is 13.1 Å². The summed E-state index contributed by atoms with van der Waals surface area (Å²) in [6.45, 7) is 5.83. The first-order valence-electron chi connectivity index (χ1n) is 4.53. The van der Waals surface area contributed by atoms with E-state index in [9.17, 15) is 4.79 Å². The lowest BCUT2D eigenvalue weighted by atomic mass is 10.4. The van der Waals surface area contributed by atoms with Gasteiger partial charge < -0.3 is 9.64 Å². The fourth-order valence-corrected chi connectivity index (χ4v) is 1.25. The van der Waals surface area contributed by atoms with Crippen molar-refractivity contribution in [2.45, 2.75) is 12.8 Å². The van der Waals surface area contributed by atoms with Crippen LogP contribution in [0.25, 0.3) is 0 Å². The van der Waals surface area contributed by atoms with Gasteiger partial charge in [-0.05, 0) is 12.8 Å². The van der Waals surface area contributed by atoms with Gasteiger partial charge in [-0.3, -0.25) is 0 Å². The van der Waals surface area contributed by atoms with E-state index in [-0.39, 0.29) is 12.6 Å². The quantitative estimate of drug-likeness (QED) is 0.372. The standard InChI is InChI=1S/C10H15NO2/c1-2-9-13-10(12)5-8-11-6-3-4-7-11/h2,5,8H,1,3-4,6-7,9H2/b8-5+. The van der Waals surface area contributed by atoms with Crippen LogP contribution in [0.15, 0.2) is 24.9 Å². The highest BCUT2D eigenvalue weighted by Gasteiger charge is 2.06. The summed E-state index contributed by atoms with van der Waals surface area (Å²) >= 11 is 0. The van der Waals surface area contributed by atoms with E-state index >= 15 is 0 Å². The number of esters is 1. The summed E-state index contributed by atoms with van der Waals surface area (Å²) in [5.74, 6) is -0.299. The first-order valence-corrected chi connectivity index (χ1v) is 4.53. The molecule has 0 N–H and O–H groups in total. The summed E-state index contributed by atoms with van der Waals surface area (Å²) < 4.78 is 4.78. The van der Waals surface area contributed by atoms with Crippen LogP contribution in [0.5, 0.6) is 0 Å². The Morgan fingerprint density at radius 2 is 2.15 bits per heavy atom. The maximum atomic E-state index is 11.0. The Balaban J connectivity index is 2.21. The second-order valence-corrected chi connectivity index (χ2v) is 2.98. The minimum absolute atomic E-state index is 0.281. The molecule has 1 saturated heterocycles. The monoisotopic (exact) mass is 181 g/mol. The van der Waals surface area contributed by atoms with Crippen molar-refractivity contribution in [1.82, 2.24) is 4.90 Å². The minimum atomic E-state index is -0.299. The van der Waals surface area contributed by atoms with E-state index in [1.54, 1.807) is 12.3 Å². The summed E-state index contributed by atoms with van der Waals surface area (Å²) in [4.78, 5) is 13.1. The van der Waals surface area contributed by atoms with Gasteiger partial charge in [0.2, 0.25) is 0 Å². The Hall–Kier alpha value is -1.25. The topological polar surface area (TPSA) is 29.5 Å². The SMILES string of the molecule is C=CCOC(=O)/C=C/N1CCCC1. The average Bonchev–Trinajstić information content (AvgIpc) is 2.64. The molecular weight excluding hydrogens is 166 g/mol. The van der Waals surface area contributed by atoms with Crippen molar-refractivity contribution in [3.05, 3.63) is 24.9 Å². The molecule has 3 nitrogen and oxygen atoms in total. The maximum absolute atomic E-state index is 11.0. The molecule has 0 aromatic carbocycles. The second-order valence-electron chi connectivity index (χ2n) is 2.98. The van der Waals surface area contributed by atoms with Crippen LogP contribution in [0.1, 0.15) is 12.8 Å². The number of ether oxygens (including phenoxy) is 1. The lowest BCUT2D eigenvalue weighted by Gasteiger charge is -2.09. The third kappa shape index (κ3) is 3.78. The number of hydrogen-bond donors (Lipinski definition) is 0. The third-order valence-corrected chi connectivity index (χ3v) is 1.91. The summed E-state index contributed by atoms with van der Waals surface area (Å²) in [5.41, 5.74) is 0. The molecule has 0 radical (unpaired) electrons. The van der Waals surface area contributed by atoms with Crippen molar-refractivity contribution in [3.8, 4) is 0 Å². The number of rotatable bonds is 4. The molecule has 0 saturated carbocycles. The van der Waals surface area contributed by atoms with E-state index in [4.69, 9.17) is 4.74 Å². The molecule has 1 aliphatic rings. The van der Waals surface area contributed by atoms with Crippen molar-refractivity contribution in [3.63, 3.8) is 0 Å². The molecule has 1 aliphatic heterocycles. The molecule has 0 unspecified atom stereocenters. The molecule has 0 aromatic heterocycles. The van der Waals surface area contributed by atoms with Crippen LogP contribution in [0.3, 0.4) is 0 Å². The van der Waals surface area contributed by atoms with Gasteiger partial charge in [-0.2, -0.15) is 0 Å². The fraction of sp³-hybridized carbons (Fsp3) is 0.500. The van der Waals surface area contributed by atoms with Crippen LogP contribution >= 0.6 is 0 Å². The number of carbonyl (C=O) groups excluding carboxylic acids is 1. The fourth-order valence-electron chi connectivity index (χ4n) is 1.25. The first-order chi connectivity index (χ1) is 6.33. The largest absolute Gasteiger partial charge is 0.458 e. The molecule has 0 amide bonds. The molecule has 0 spiro atoms. The minimum Gasteiger partial charge on any atom is -0.458 e. The molecule has 0 aromatic rings. The van der Waals surface area contributed by atoms with Gasteiger partial charge in [0.25, 0.3) is 0 Å². The van der Waals surface area contributed by atoms with E-state index < -0.39 is 0 Å². The smallest absolute Gasteiger partial charge is 0.332 e. The highest BCUT2D eigenvalue weighted by Crippen LogP contribution is 2.06. The Morgan fingerprint density at radius 1 is 1.46 bits per heavy atom. The molecule has 0 atom stereocenters. The summed E-state index contributed by atoms with van der Waals surface area (Å²) in [5, 5.41) is 0. The third-order valence-electron chi connectivity index (χ3n) is 1.91. The molecule has 13 heavy (non-hydrogen) atoms. The first kappa shape index (κ1) is 9.84. The number of nitrogens with zero attached hydrogens (tertiary/aromatic N) is 1. The number of likely N-dealkylation sites (tertiary alicyclic amines) is 1. The molecule has 1 heterocycles. The van der Waals surface area contributed by atoms with E-state index in [1.807, 2.05) is 0 Å². The molecule has 72 valence electrons. The van der Waals surface area contributed by atoms with Gasteiger partial charge in [0, 0.05) is 25.4 Å². The molecular formula is C10H15NO2. The molecule has 0 aliphatic carbocycles. The van der Waals surface area contributed by atoms with Gasteiger partial charge in [0.1, 0.15) is 6.61 Å². The molecule has 1 fully saturated rings. The summed E-state index contributed by atoms with van der Waals surface area (Å²) in [6.07, 6.45) is 7.26. The zero-order valence-electron chi connectivity index (χ0n) is 7.74. The Bertz CT molecular complexity index is 205. The lowest BCUT2D eigenvalue weighted by Crippen LogP contribution is -2.12. The van der Waals surface area contributed by atoms with Gasteiger partial charge >= 0.3 is 5.97 Å². The van der Waals surface area contributed by atoms with Gasteiger partial charge in [0.05, 0.1) is 0 Å². The normalized spacial score (nSPS) is 16.5. The van der Waals surface area contributed by atoms with E-state index in [1.165, 1.54) is 18.9 Å². The van der Waals surface area contributed by atoms with Crippen LogP contribution in [0.2, 0.25) is 0 Å². The highest BCUT2D eigenvalue weighted by atomic mass is 16.5. The lowest BCUT2D eigenvalue weighted by molar-refractivity contribution is -0.136. The van der Waals surface area contributed by atoms with Crippen molar-refractivity contribution < 1.29 is 9.53 Å². The molecule has 0 bridgehead atoms. The van der Waals surface area contributed by atoms with Crippen molar-refractivity contribution >= 4 is 5.97 Å². The predicted molar refractivity (Wildman–Crippen MR) is 51.1 cm³/mol. The Morgan fingerprint density at radius 3 is 2.77 bits per heavy atom. The van der Waals surface area contributed by atoms with Crippen LogP contribution in [0.4, 0.5) is 0 Å². The number of hydrogen-bond acceptors (Lipinski definition) is 3. The van der Waals surface area contributed by atoms with Crippen LogP contribution in [-0.4, -0.2) is 30.6 Å². The summed E-state index contributed by atoms with van der Waals surface area (Å²) in [7, 11) is 0. The van der Waals surface area contributed by atoms with Gasteiger partial charge in [-0.1, -0.05) is 12.7 Å². The van der Waals surface area contributed by atoms with Crippen LogP contribution in [0, 0.1) is 0 Å². The van der Waals surface area contributed by atoms with Gasteiger partial charge in [0.15, 0.2) is 0 Å². The summed E-state index contributed by atoms with van der Waals surface area (Å²) in [6, 6.07) is 0. The average molecular weight is 181 g/mol. The zero-order chi connectivity index (χ0) is 9.52. The predicted octanol–water partition coefficient (Wildman–Crippen LogP) is 1.33. The number of carbonyl (C=O) groups is 1. The van der Waals surface area contributed by atoms with Crippen molar-refractivity contribution in [1.29, 1.82) is 0 Å². The van der Waals surface area contributed by atoms with Crippen molar-refractivity contribution in [2.24, 2.45) is 0 Å². The van der Waals surface area contributed by atoms with E-state index in [2.05, 4.69) is 11.5 Å². The van der Waals surface area contributed by atoms with Crippen LogP contribution in [-0.2, 0) is 9.53 Å². The Kier molecular flexibility index (Phi) is 4.09. The van der Waals surface area contributed by atoms with E-state index in [0.29, 0.717) is 0 Å². The Labute approximate surface area is 78.7 Å². The van der Waals surface area contributed by atoms with Gasteiger partial charge in [-0.25, -0.2) is 4.79 Å².